The van der Waals surface area contributed by atoms with Gasteiger partial charge < -0.3 is 4.74 Å². The number of hydrogen-bond acceptors (Lipinski definition) is 5. The second kappa shape index (κ2) is 7.65. The van der Waals surface area contributed by atoms with Gasteiger partial charge in [-0.2, -0.15) is 0 Å². The van der Waals surface area contributed by atoms with E-state index in [1.807, 2.05) is 30.3 Å². The lowest BCUT2D eigenvalue weighted by Gasteiger charge is -2.26. The molecule has 1 aliphatic carbocycles. The van der Waals surface area contributed by atoms with Crippen molar-refractivity contribution < 1.29 is 28.3 Å². The number of Topliss-reactive ketones (excluding diaryl/α,β-unsaturated/α-hetero) is 2. The second-order valence-electron chi connectivity index (χ2n) is 8.78. The highest BCUT2D eigenvalue weighted by Crippen LogP contribution is 2.53. The lowest BCUT2D eigenvalue weighted by molar-refractivity contribution is -0.126. The van der Waals surface area contributed by atoms with E-state index < -0.39 is 52.7 Å². The smallest absolute Gasteiger partial charge is 0.241 e. The average Bonchev–Trinajstić information content (AvgIpc) is 3.44. The lowest BCUT2D eigenvalue weighted by Crippen LogP contribution is -2.51. The molecule has 0 N–H and O–H groups in total. The zero-order valence-electron chi connectivity index (χ0n) is 18.3. The SMILES string of the molecule is O=C1[C@@H]2[C@H](/C=C/c3ccccc3)OC3(C(=O)c4ccccc4C3=O)[C@H]2C(=O)N1c1ccc(F)cc1. The summed E-state index contributed by atoms with van der Waals surface area (Å²) >= 11 is 0. The summed E-state index contributed by atoms with van der Waals surface area (Å²) in [5.41, 5.74) is -0.782. The first-order valence-corrected chi connectivity index (χ1v) is 11.2. The molecular weight excluding hydrogens is 449 g/mol. The minimum Gasteiger partial charge on any atom is -0.350 e. The maximum Gasteiger partial charge on any atom is 0.241 e. The summed E-state index contributed by atoms with van der Waals surface area (Å²) in [5, 5.41) is 0. The summed E-state index contributed by atoms with van der Waals surface area (Å²) in [4.78, 5) is 55.5. The second-order valence-corrected chi connectivity index (χ2v) is 8.78. The monoisotopic (exact) mass is 467 g/mol. The fraction of sp³-hybridized carbons (Fsp3) is 0.143. The van der Waals surface area contributed by atoms with Crippen molar-refractivity contribution >= 4 is 35.1 Å². The number of anilines is 1. The van der Waals surface area contributed by atoms with E-state index in [4.69, 9.17) is 4.74 Å². The van der Waals surface area contributed by atoms with Gasteiger partial charge in [-0.15, -0.1) is 0 Å². The molecule has 3 aliphatic rings. The predicted molar refractivity (Wildman–Crippen MR) is 124 cm³/mol. The third-order valence-corrected chi connectivity index (χ3v) is 6.92. The van der Waals surface area contributed by atoms with Crippen LogP contribution >= 0.6 is 0 Å². The van der Waals surface area contributed by atoms with Gasteiger partial charge in [0, 0.05) is 11.1 Å². The highest BCUT2D eigenvalue weighted by Gasteiger charge is 2.74. The van der Waals surface area contributed by atoms with E-state index in [0.29, 0.717) is 0 Å². The molecule has 1 spiro atoms. The zero-order chi connectivity index (χ0) is 24.3. The maximum atomic E-state index is 13.7. The highest BCUT2D eigenvalue weighted by atomic mass is 19.1. The molecule has 6 rings (SSSR count). The van der Waals surface area contributed by atoms with Crippen molar-refractivity contribution in [2.24, 2.45) is 11.8 Å². The van der Waals surface area contributed by atoms with E-state index in [0.717, 1.165) is 22.6 Å². The van der Waals surface area contributed by atoms with E-state index in [2.05, 4.69) is 0 Å². The Balaban J connectivity index is 1.48. The van der Waals surface area contributed by atoms with Crippen LogP contribution in [0.15, 0.2) is 84.9 Å². The molecule has 3 aromatic rings. The Morgan fingerprint density at radius 3 is 2.00 bits per heavy atom. The molecule has 6 nitrogen and oxygen atoms in total. The summed E-state index contributed by atoms with van der Waals surface area (Å²) in [6.45, 7) is 0. The quantitative estimate of drug-likeness (QED) is 0.432. The van der Waals surface area contributed by atoms with Crippen LogP contribution in [0.3, 0.4) is 0 Å². The number of ether oxygens (including phenoxy) is 1. The van der Waals surface area contributed by atoms with E-state index in [9.17, 15) is 23.6 Å². The molecule has 2 saturated heterocycles. The fourth-order valence-corrected chi connectivity index (χ4v) is 5.36. The Bertz CT molecular complexity index is 1390. The largest absolute Gasteiger partial charge is 0.350 e. The number of carbonyl (C=O) groups is 4. The first-order chi connectivity index (χ1) is 16.9. The number of benzene rings is 3. The molecule has 2 amide bonds. The average molecular weight is 467 g/mol. The van der Waals surface area contributed by atoms with Crippen molar-refractivity contribution in [2.75, 3.05) is 4.90 Å². The van der Waals surface area contributed by atoms with E-state index >= 15 is 0 Å². The molecule has 3 aromatic carbocycles. The maximum absolute atomic E-state index is 13.7. The minimum absolute atomic E-state index is 0.171. The normalized spacial score (nSPS) is 24.6. The number of hydrogen-bond donors (Lipinski definition) is 0. The Labute approximate surface area is 199 Å². The van der Waals surface area contributed by atoms with Crippen LogP contribution in [0.1, 0.15) is 26.3 Å². The molecule has 2 fully saturated rings. The molecule has 0 radical (unpaired) electrons. The van der Waals surface area contributed by atoms with Gasteiger partial charge in [-0.3, -0.25) is 19.2 Å². The molecular formula is C28H18FNO5. The number of nitrogens with zero attached hydrogens (tertiary/aromatic N) is 1. The van der Waals surface area contributed by atoms with Crippen molar-refractivity contribution in [1.82, 2.24) is 0 Å². The van der Waals surface area contributed by atoms with E-state index in [1.54, 1.807) is 24.3 Å². The zero-order valence-corrected chi connectivity index (χ0v) is 18.3. The summed E-state index contributed by atoms with van der Waals surface area (Å²) in [7, 11) is 0. The molecule has 0 saturated carbocycles. The van der Waals surface area contributed by atoms with Gasteiger partial charge in [0.1, 0.15) is 5.82 Å². The molecule has 0 bridgehead atoms. The Kier molecular flexibility index (Phi) is 4.66. The molecule has 0 aromatic heterocycles. The molecule has 172 valence electrons. The van der Waals surface area contributed by atoms with Crippen LogP contribution in [0.2, 0.25) is 0 Å². The van der Waals surface area contributed by atoms with Gasteiger partial charge in [-0.25, -0.2) is 9.29 Å². The van der Waals surface area contributed by atoms with Crippen molar-refractivity contribution in [3.8, 4) is 0 Å². The third kappa shape index (κ3) is 2.91. The van der Waals surface area contributed by atoms with Crippen molar-refractivity contribution in [1.29, 1.82) is 0 Å². The summed E-state index contributed by atoms with van der Waals surface area (Å²) in [5.74, 6) is -5.49. The number of imide groups is 1. The van der Waals surface area contributed by atoms with Crippen LogP contribution in [-0.4, -0.2) is 35.1 Å². The van der Waals surface area contributed by atoms with Crippen molar-refractivity contribution in [3.63, 3.8) is 0 Å². The van der Waals surface area contributed by atoms with Gasteiger partial charge in [0.15, 0.2) is 0 Å². The van der Waals surface area contributed by atoms with Crippen molar-refractivity contribution in [3.05, 3.63) is 107 Å². The first kappa shape index (κ1) is 21.3. The molecule has 0 unspecified atom stereocenters. The topological polar surface area (TPSA) is 80.8 Å². The number of ketones is 2. The fourth-order valence-electron chi connectivity index (χ4n) is 5.36. The van der Waals surface area contributed by atoms with Crippen molar-refractivity contribution in [2.45, 2.75) is 11.7 Å². The molecule has 2 heterocycles. The Morgan fingerprint density at radius 2 is 1.37 bits per heavy atom. The number of carbonyl (C=O) groups excluding carboxylic acids is 4. The van der Waals surface area contributed by atoms with Crippen LogP contribution in [0.25, 0.3) is 6.08 Å². The lowest BCUT2D eigenvalue weighted by atomic mass is 9.78. The minimum atomic E-state index is -2.12. The number of halogens is 1. The summed E-state index contributed by atoms with van der Waals surface area (Å²) < 4.78 is 19.6. The molecule has 35 heavy (non-hydrogen) atoms. The standard InChI is InChI=1S/C28H18FNO5/c29-17-11-13-18(14-12-17)30-26(33)22-21(15-10-16-6-2-1-3-7-16)35-28(23(22)27(30)34)24(31)19-8-4-5-9-20(19)25(28)32/h1-15,21-23H/b15-10+/t21-,22+,23+/m0/s1. The van der Waals surface area contributed by atoms with Crippen LogP contribution < -0.4 is 4.90 Å². The van der Waals surface area contributed by atoms with Crippen LogP contribution in [-0.2, 0) is 14.3 Å². The van der Waals surface area contributed by atoms with E-state index in [1.165, 1.54) is 24.3 Å². The van der Waals surface area contributed by atoms with Gasteiger partial charge in [0.05, 0.1) is 23.6 Å². The molecule has 7 heteroatoms. The number of fused-ring (bicyclic) bond motifs is 3. The van der Waals surface area contributed by atoms with Gasteiger partial charge in [-0.1, -0.05) is 66.7 Å². The van der Waals surface area contributed by atoms with Crippen LogP contribution in [0, 0.1) is 17.7 Å². The molecule has 2 aliphatic heterocycles. The van der Waals surface area contributed by atoms with Gasteiger partial charge in [-0.05, 0) is 29.8 Å². The van der Waals surface area contributed by atoms with Crippen LogP contribution in [0.4, 0.5) is 10.1 Å². The Hall–Kier alpha value is -4.23. The number of amides is 2. The predicted octanol–water partition coefficient (Wildman–Crippen LogP) is 3.86. The van der Waals surface area contributed by atoms with E-state index in [-0.39, 0.29) is 16.8 Å². The molecule has 3 atom stereocenters. The van der Waals surface area contributed by atoms with Gasteiger partial charge in [0.25, 0.3) is 0 Å². The highest BCUT2D eigenvalue weighted by molar-refractivity contribution is 6.37. The van der Waals surface area contributed by atoms with Crippen LogP contribution in [0.5, 0.6) is 0 Å². The van der Waals surface area contributed by atoms with Gasteiger partial charge >= 0.3 is 0 Å². The number of rotatable bonds is 3. The summed E-state index contributed by atoms with van der Waals surface area (Å²) in [6, 6.07) is 20.5. The summed E-state index contributed by atoms with van der Waals surface area (Å²) in [6.07, 6.45) is 2.35. The third-order valence-electron chi connectivity index (χ3n) is 6.92. The van der Waals surface area contributed by atoms with Gasteiger partial charge in [0.2, 0.25) is 29.0 Å². The Morgan fingerprint density at radius 1 is 0.771 bits per heavy atom. The first-order valence-electron chi connectivity index (χ1n) is 11.2.